The van der Waals surface area contributed by atoms with Gasteiger partial charge in [0.05, 0.1) is 7.11 Å². The molecular weight excluding hydrogens is 408 g/mol. The first-order valence-electron chi connectivity index (χ1n) is 8.39. The lowest BCUT2D eigenvalue weighted by atomic mass is 10.2. The highest BCUT2D eigenvalue weighted by Crippen LogP contribution is 2.16. The summed E-state index contributed by atoms with van der Waals surface area (Å²) >= 11 is 3.41. The van der Waals surface area contributed by atoms with Gasteiger partial charge in [0.1, 0.15) is 11.3 Å². The minimum atomic E-state index is -0.403. The molecule has 1 heterocycles. The molecule has 27 heavy (non-hydrogen) atoms. The fourth-order valence-corrected chi connectivity index (χ4v) is 3.15. The van der Waals surface area contributed by atoms with Crippen molar-refractivity contribution >= 4 is 21.8 Å². The molecule has 0 aliphatic carbocycles. The molecule has 0 radical (unpaired) electrons. The number of hydrogen-bond acceptors (Lipinski definition) is 3. The molecule has 138 valence electrons. The van der Waals surface area contributed by atoms with Gasteiger partial charge < -0.3 is 10.1 Å². The standard InChI is InChI=1S/C21H19BrN2O3/c1-14-6-11-19(21(26)24(14)17-5-3-4-16(22)12-17)20(25)23-13-15-7-9-18(27-2)10-8-15/h3-12H,13H2,1-2H3,(H,23,25). The number of aryl methyl sites for hydroxylation is 1. The van der Waals surface area contributed by atoms with Crippen LogP contribution >= 0.6 is 15.9 Å². The zero-order chi connectivity index (χ0) is 19.4. The number of ether oxygens (including phenoxy) is 1. The molecule has 1 aromatic heterocycles. The summed E-state index contributed by atoms with van der Waals surface area (Å²) in [4.78, 5) is 25.5. The Kier molecular flexibility index (Phi) is 5.76. The highest BCUT2D eigenvalue weighted by atomic mass is 79.9. The van der Waals surface area contributed by atoms with Crippen LogP contribution in [0.2, 0.25) is 0 Å². The Hall–Kier alpha value is -2.86. The van der Waals surface area contributed by atoms with Crippen LogP contribution in [-0.4, -0.2) is 17.6 Å². The maximum absolute atomic E-state index is 12.9. The van der Waals surface area contributed by atoms with E-state index >= 15 is 0 Å². The monoisotopic (exact) mass is 426 g/mol. The van der Waals surface area contributed by atoms with E-state index in [1.165, 1.54) is 4.57 Å². The summed E-state index contributed by atoms with van der Waals surface area (Å²) in [5.41, 5.74) is 2.14. The second-order valence-electron chi connectivity index (χ2n) is 6.04. The number of hydrogen-bond donors (Lipinski definition) is 1. The van der Waals surface area contributed by atoms with Crippen LogP contribution in [0.1, 0.15) is 21.6 Å². The van der Waals surface area contributed by atoms with Crippen molar-refractivity contribution in [3.8, 4) is 11.4 Å². The van der Waals surface area contributed by atoms with Crippen molar-refractivity contribution in [1.82, 2.24) is 9.88 Å². The van der Waals surface area contributed by atoms with Crippen LogP contribution in [0, 0.1) is 6.92 Å². The van der Waals surface area contributed by atoms with Crippen molar-refractivity contribution in [1.29, 1.82) is 0 Å². The molecular formula is C21H19BrN2O3. The largest absolute Gasteiger partial charge is 0.497 e. The lowest BCUT2D eigenvalue weighted by Gasteiger charge is -2.13. The van der Waals surface area contributed by atoms with Crippen molar-refractivity contribution in [2.45, 2.75) is 13.5 Å². The summed E-state index contributed by atoms with van der Waals surface area (Å²) in [7, 11) is 1.60. The number of benzene rings is 2. The van der Waals surface area contributed by atoms with E-state index in [0.717, 1.165) is 21.5 Å². The molecule has 5 nitrogen and oxygen atoms in total. The van der Waals surface area contributed by atoms with Gasteiger partial charge in [-0.15, -0.1) is 0 Å². The Morgan fingerprint density at radius 2 is 1.85 bits per heavy atom. The fraction of sp³-hybridized carbons (Fsp3) is 0.143. The minimum absolute atomic E-state index is 0.106. The second-order valence-corrected chi connectivity index (χ2v) is 6.96. The number of halogens is 1. The molecule has 2 aromatic carbocycles. The molecule has 6 heteroatoms. The molecule has 0 bridgehead atoms. The fourth-order valence-electron chi connectivity index (χ4n) is 2.76. The third-order valence-corrected chi connectivity index (χ3v) is 4.69. The first-order chi connectivity index (χ1) is 13.0. The van der Waals surface area contributed by atoms with Crippen LogP contribution in [0.3, 0.4) is 0 Å². The van der Waals surface area contributed by atoms with Gasteiger partial charge in [0, 0.05) is 22.4 Å². The number of carbonyl (C=O) groups excluding carboxylic acids is 1. The summed E-state index contributed by atoms with van der Waals surface area (Å²) in [6.45, 7) is 2.16. The number of methoxy groups -OCH3 is 1. The Bertz CT molecular complexity index is 1030. The molecule has 0 saturated carbocycles. The number of nitrogens with zero attached hydrogens (tertiary/aromatic N) is 1. The second kappa shape index (κ2) is 8.22. The molecule has 0 fully saturated rings. The molecule has 1 amide bonds. The lowest BCUT2D eigenvalue weighted by Crippen LogP contribution is -2.33. The van der Waals surface area contributed by atoms with Crippen LogP contribution in [0.4, 0.5) is 0 Å². The Morgan fingerprint density at radius 1 is 1.11 bits per heavy atom. The van der Waals surface area contributed by atoms with Crippen molar-refractivity contribution in [3.63, 3.8) is 0 Å². The molecule has 1 N–H and O–H groups in total. The van der Waals surface area contributed by atoms with Crippen molar-refractivity contribution in [2.75, 3.05) is 7.11 Å². The average Bonchev–Trinajstić information content (AvgIpc) is 2.67. The van der Waals surface area contributed by atoms with Gasteiger partial charge in [-0.2, -0.15) is 0 Å². The van der Waals surface area contributed by atoms with Gasteiger partial charge in [0.2, 0.25) is 0 Å². The van der Waals surface area contributed by atoms with Crippen LogP contribution in [0.5, 0.6) is 5.75 Å². The number of pyridine rings is 1. The maximum Gasteiger partial charge on any atom is 0.268 e. The molecule has 3 aromatic rings. The van der Waals surface area contributed by atoms with Gasteiger partial charge in [-0.05, 0) is 55.0 Å². The van der Waals surface area contributed by atoms with E-state index in [1.54, 1.807) is 19.2 Å². The number of nitrogens with one attached hydrogen (secondary N) is 1. The molecule has 0 aliphatic rings. The summed E-state index contributed by atoms with van der Waals surface area (Å²) in [5.74, 6) is 0.347. The normalized spacial score (nSPS) is 10.5. The number of rotatable bonds is 5. The van der Waals surface area contributed by atoms with E-state index < -0.39 is 5.91 Å². The number of aromatic nitrogens is 1. The minimum Gasteiger partial charge on any atom is -0.497 e. The molecule has 0 unspecified atom stereocenters. The summed E-state index contributed by atoms with van der Waals surface area (Å²) < 4.78 is 7.52. The van der Waals surface area contributed by atoms with Gasteiger partial charge in [0.25, 0.3) is 11.5 Å². The van der Waals surface area contributed by atoms with Crippen LogP contribution in [0.25, 0.3) is 5.69 Å². The predicted octanol–water partition coefficient (Wildman–Crippen LogP) is 3.85. The van der Waals surface area contributed by atoms with Crippen LogP contribution in [-0.2, 0) is 6.54 Å². The van der Waals surface area contributed by atoms with Gasteiger partial charge in [-0.25, -0.2) is 0 Å². The first kappa shape index (κ1) is 18.9. The molecule has 0 atom stereocenters. The third-order valence-electron chi connectivity index (χ3n) is 4.20. The highest BCUT2D eigenvalue weighted by Gasteiger charge is 2.15. The van der Waals surface area contributed by atoms with Crippen molar-refractivity contribution in [3.05, 3.63) is 92.3 Å². The Morgan fingerprint density at radius 3 is 2.52 bits per heavy atom. The maximum atomic E-state index is 12.9. The van der Waals surface area contributed by atoms with Gasteiger partial charge in [-0.1, -0.05) is 34.1 Å². The first-order valence-corrected chi connectivity index (χ1v) is 9.18. The van der Waals surface area contributed by atoms with E-state index in [4.69, 9.17) is 4.74 Å². The highest BCUT2D eigenvalue weighted by molar-refractivity contribution is 9.10. The van der Waals surface area contributed by atoms with Crippen molar-refractivity contribution < 1.29 is 9.53 Å². The predicted molar refractivity (Wildman–Crippen MR) is 109 cm³/mol. The molecule has 3 rings (SSSR count). The molecule has 0 spiro atoms. The van der Waals surface area contributed by atoms with Crippen LogP contribution in [0.15, 0.2) is 69.9 Å². The van der Waals surface area contributed by atoms with E-state index in [2.05, 4.69) is 21.2 Å². The van der Waals surface area contributed by atoms with E-state index in [1.807, 2.05) is 55.5 Å². The smallest absolute Gasteiger partial charge is 0.268 e. The van der Waals surface area contributed by atoms with E-state index in [0.29, 0.717) is 12.2 Å². The number of carbonyl (C=O) groups is 1. The summed E-state index contributed by atoms with van der Waals surface area (Å²) in [5, 5.41) is 2.80. The SMILES string of the molecule is COc1ccc(CNC(=O)c2ccc(C)n(-c3cccc(Br)c3)c2=O)cc1. The zero-order valence-corrected chi connectivity index (χ0v) is 16.6. The Balaban J connectivity index is 1.85. The topological polar surface area (TPSA) is 60.3 Å². The molecule has 0 aliphatic heterocycles. The summed E-state index contributed by atoms with van der Waals surface area (Å²) in [6, 6.07) is 18.1. The van der Waals surface area contributed by atoms with Gasteiger partial charge >= 0.3 is 0 Å². The number of amides is 1. The average molecular weight is 427 g/mol. The Labute approximate surface area is 165 Å². The molecule has 0 saturated heterocycles. The third kappa shape index (κ3) is 4.28. The lowest BCUT2D eigenvalue weighted by molar-refractivity contribution is 0.0949. The van der Waals surface area contributed by atoms with Crippen molar-refractivity contribution in [2.24, 2.45) is 0 Å². The zero-order valence-electron chi connectivity index (χ0n) is 15.0. The van der Waals surface area contributed by atoms with E-state index in [9.17, 15) is 9.59 Å². The van der Waals surface area contributed by atoms with Gasteiger partial charge in [-0.3, -0.25) is 14.2 Å². The van der Waals surface area contributed by atoms with E-state index in [-0.39, 0.29) is 11.1 Å². The summed E-state index contributed by atoms with van der Waals surface area (Å²) in [6.07, 6.45) is 0. The quantitative estimate of drug-likeness (QED) is 0.673. The van der Waals surface area contributed by atoms with Gasteiger partial charge in [0.15, 0.2) is 0 Å². The van der Waals surface area contributed by atoms with Crippen LogP contribution < -0.4 is 15.6 Å².